The molecule has 3 N–H and O–H groups in total. The van der Waals surface area contributed by atoms with Gasteiger partial charge in [-0.3, -0.25) is 0 Å². The van der Waals surface area contributed by atoms with E-state index >= 15 is 0 Å². The Hall–Kier alpha value is -1.88. The summed E-state index contributed by atoms with van der Waals surface area (Å²) in [6, 6.07) is 7.01. The summed E-state index contributed by atoms with van der Waals surface area (Å²) in [4.78, 5) is 4.26. The second-order valence-corrected chi connectivity index (χ2v) is 3.84. The highest BCUT2D eigenvalue weighted by Gasteiger charge is 2.07. The van der Waals surface area contributed by atoms with Crippen molar-refractivity contribution in [3.05, 3.63) is 41.5 Å². The summed E-state index contributed by atoms with van der Waals surface area (Å²) in [6.07, 6.45) is 2.12. The topological polar surface area (TPSA) is 85.2 Å². The zero-order valence-corrected chi connectivity index (χ0v) is 9.47. The molecule has 0 unspecified atom stereocenters. The van der Waals surface area contributed by atoms with Crippen molar-refractivity contribution in [2.45, 2.75) is 19.3 Å². The highest BCUT2D eigenvalue weighted by molar-refractivity contribution is 5.28. The molecule has 0 saturated heterocycles. The lowest BCUT2D eigenvalue weighted by Gasteiger charge is -1.96. The number of nitrogens with zero attached hydrogens (tertiary/aromatic N) is 2. The third-order valence-electron chi connectivity index (χ3n) is 2.38. The lowest BCUT2D eigenvalue weighted by atomic mass is 10.1. The average Bonchev–Trinajstić information content (AvgIpc) is 2.74. The van der Waals surface area contributed by atoms with Crippen LogP contribution in [0.2, 0.25) is 0 Å². The van der Waals surface area contributed by atoms with E-state index in [-0.39, 0.29) is 5.75 Å². The molecule has 1 heterocycles. The van der Waals surface area contributed by atoms with E-state index in [4.69, 9.17) is 10.3 Å². The van der Waals surface area contributed by atoms with E-state index in [1.165, 1.54) is 0 Å². The van der Waals surface area contributed by atoms with Crippen molar-refractivity contribution in [3.8, 4) is 5.75 Å². The van der Waals surface area contributed by atoms with Crippen molar-refractivity contribution in [3.63, 3.8) is 0 Å². The van der Waals surface area contributed by atoms with E-state index in [2.05, 4.69) is 10.1 Å². The molecule has 0 spiro atoms. The number of benzene rings is 1. The Morgan fingerprint density at radius 2 is 2.24 bits per heavy atom. The normalized spacial score (nSPS) is 10.6. The van der Waals surface area contributed by atoms with Gasteiger partial charge in [-0.25, -0.2) is 0 Å². The summed E-state index contributed by atoms with van der Waals surface area (Å²) >= 11 is 0. The minimum absolute atomic E-state index is 0.241. The van der Waals surface area contributed by atoms with Crippen LogP contribution < -0.4 is 5.73 Å². The molecule has 90 valence electrons. The van der Waals surface area contributed by atoms with E-state index in [1.807, 2.05) is 6.07 Å². The number of phenols is 1. The quantitative estimate of drug-likeness (QED) is 0.812. The molecule has 1 aromatic carbocycles. The molecule has 5 nitrogen and oxygen atoms in total. The van der Waals surface area contributed by atoms with Crippen LogP contribution in [0, 0.1) is 0 Å². The number of nitrogens with two attached hydrogens (primary N) is 1. The number of aromatic hydroxyl groups is 1. The first-order valence-corrected chi connectivity index (χ1v) is 5.57. The van der Waals surface area contributed by atoms with Gasteiger partial charge in [0.2, 0.25) is 5.89 Å². The third-order valence-corrected chi connectivity index (χ3v) is 2.38. The van der Waals surface area contributed by atoms with Crippen LogP contribution in [-0.2, 0) is 12.8 Å². The summed E-state index contributed by atoms with van der Waals surface area (Å²) in [5, 5.41) is 13.2. The standard InChI is InChI=1S/C12H15N3O2/c13-6-2-5-11-14-12(17-15-11)8-9-3-1-4-10(16)7-9/h1,3-4,7,16H,2,5-6,8,13H2. The molecule has 0 radical (unpaired) electrons. The number of phenolic OH excluding ortho intramolecular Hbond substituents is 1. The molecule has 5 heteroatoms. The van der Waals surface area contributed by atoms with Gasteiger partial charge in [-0.05, 0) is 30.7 Å². The lowest BCUT2D eigenvalue weighted by Crippen LogP contribution is -2.01. The van der Waals surface area contributed by atoms with Gasteiger partial charge < -0.3 is 15.4 Å². The SMILES string of the molecule is NCCCc1noc(Cc2cccc(O)c2)n1. The van der Waals surface area contributed by atoms with Crippen molar-refractivity contribution in [1.82, 2.24) is 10.1 Å². The molecule has 0 aliphatic rings. The van der Waals surface area contributed by atoms with Gasteiger partial charge in [0.25, 0.3) is 0 Å². The molecular weight excluding hydrogens is 218 g/mol. The van der Waals surface area contributed by atoms with E-state index in [0.717, 1.165) is 18.4 Å². The Bertz CT molecular complexity index is 482. The molecular formula is C12H15N3O2. The third kappa shape index (κ3) is 3.29. The van der Waals surface area contributed by atoms with Crippen molar-refractivity contribution < 1.29 is 9.63 Å². The second kappa shape index (κ2) is 5.45. The number of rotatable bonds is 5. The van der Waals surface area contributed by atoms with Crippen LogP contribution in [0.25, 0.3) is 0 Å². The summed E-state index contributed by atoms with van der Waals surface area (Å²) < 4.78 is 5.12. The van der Waals surface area contributed by atoms with Crippen LogP contribution in [-0.4, -0.2) is 21.8 Å². The summed E-state index contributed by atoms with van der Waals surface area (Å²) in [5.74, 6) is 1.48. The van der Waals surface area contributed by atoms with Crippen LogP contribution in [0.1, 0.15) is 23.7 Å². The van der Waals surface area contributed by atoms with Gasteiger partial charge in [0.15, 0.2) is 5.82 Å². The predicted molar refractivity (Wildman–Crippen MR) is 62.6 cm³/mol. The molecule has 2 aromatic rings. The maximum absolute atomic E-state index is 9.33. The number of aryl methyl sites for hydroxylation is 1. The number of hydrogen-bond donors (Lipinski definition) is 2. The first-order chi connectivity index (χ1) is 8.28. The van der Waals surface area contributed by atoms with E-state index in [9.17, 15) is 5.11 Å². The van der Waals surface area contributed by atoms with Gasteiger partial charge in [-0.15, -0.1) is 0 Å². The van der Waals surface area contributed by atoms with Gasteiger partial charge in [0.1, 0.15) is 5.75 Å². The molecule has 0 saturated carbocycles. The summed E-state index contributed by atoms with van der Waals surface area (Å²) in [5.41, 5.74) is 6.35. The Kier molecular flexibility index (Phi) is 3.72. The Morgan fingerprint density at radius 3 is 3.00 bits per heavy atom. The fourth-order valence-electron chi connectivity index (χ4n) is 1.56. The smallest absolute Gasteiger partial charge is 0.231 e. The van der Waals surface area contributed by atoms with Crippen LogP contribution >= 0.6 is 0 Å². The van der Waals surface area contributed by atoms with Gasteiger partial charge in [-0.2, -0.15) is 4.98 Å². The largest absolute Gasteiger partial charge is 0.508 e. The maximum atomic E-state index is 9.33. The molecule has 0 aliphatic heterocycles. The summed E-state index contributed by atoms with van der Waals surface area (Å²) in [7, 11) is 0. The zero-order chi connectivity index (χ0) is 12.1. The predicted octanol–water partition coefficient (Wildman–Crippen LogP) is 1.26. The van der Waals surface area contributed by atoms with Crippen molar-refractivity contribution in [2.24, 2.45) is 5.73 Å². The molecule has 0 aliphatic carbocycles. The minimum atomic E-state index is 0.241. The van der Waals surface area contributed by atoms with E-state index in [1.54, 1.807) is 18.2 Å². The van der Waals surface area contributed by atoms with Crippen molar-refractivity contribution in [2.75, 3.05) is 6.54 Å². The first kappa shape index (κ1) is 11.6. The molecule has 0 bridgehead atoms. The lowest BCUT2D eigenvalue weighted by molar-refractivity contribution is 0.379. The monoisotopic (exact) mass is 233 g/mol. The molecule has 0 atom stereocenters. The van der Waals surface area contributed by atoms with Crippen LogP contribution in [0.3, 0.4) is 0 Å². The van der Waals surface area contributed by atoms with E-state index < -0.39 is 0 Å². The van der Waals surface area contributed by atoms with Crippen LogP contribution in [0.5, 0.6) is 5.75 Å². The van der Waals surface area contributed by atoms with Crippen molar-refractivity contribution in [1.29, 1.82) is 0 Å². The number of hydrogen-bond acceptors (Lipinski definition) is 5. The Balaban J connectivity index is 2.01. The molecule has 17 heavy (non-hydrogen) atoms. The zero-order valence-electron chi connectivity index (χ0n) is 9.47. The molecule has 2 rings (SSSR count). The van der Waals surface area contributed by atoms with Gasteiger partial charge in [0, 0.05) is 6.42 Å². The molecule has 0 fully saturated rings. The Labute approximate surface area is 99.3 Å². The van der Waals surface area contributed by atoms with Crippen molar-refractivity contribution >= 4 is 0 Å². The minimum Gasteiger partial charge on any atom is -0.508 e. The second-order valence-electron chi connectivity index (χ2n) is 3.84. The fraction of sp³-hybridized carbons (Fsp3) is 0.333. The summed E-state index contributed by atoms with van der Waals surface area (Å²) in [6.45, 7) is 0.621. The molecule has 1 aromatic heterocycles. The highest BCUT2D eigenvalue weighted by Crippen LogP contribution is 2.14. The molecule has 0 amide bonds. The van der Waals surface area contributed by atoms with E-state index in [0.29, 0.717) is 24.7 Å². The first-order valence-electron chi connectivity index (χ1n) is 5.57. The number of aromatic nitrogens is 2. The van der Waals surface area contributed by atoms with Crippen LogP contribution in [0.4, 0.5) is 0 Å². The Morgan fingerprint density at radius 1 is 1.35 bits per heavy atom. The van der Waals surface area contributed by atoms with Gasteiger partial charge in [0.05, 0.1) is 6.42 Å². The van der Waals surface area contributed by atoms with Crippen LogP contribution in [0.15, 0.2) is 28.8 Å². The maximum Gasteiger partial charge on any atom is 0.231 e. The average molecular weight is 233 g/mol. The van der Waals surface area contributed by atoms with Gasteiger partial charge >= 0.3 is 0 Å². The van der Waals surface area contributed by atoms with Gasteiger partial charge in [-0.1, -0.05) is 17.3 Å². The highest BCUT2D eigenvalue weighted by atomic mass is 16.5. The fourth-order valence-corrected chi connectivity index (χ4v) is 1.56.